The lowest BCUT2D eigenvalue weighted by atomic mass is 10.1. The van der Waals surface area contributed by atoms with Crippen LogP contribution < -0.4 is 5.32 Å². The number of hydrogen-bond donors (Lipinski definition) is 1. The molecule has 0 aliphatic carbocycles. The highest BCUT2D eigenvalue weighted by Crippen LogP contribution is 2.27. The van der Waals surface area contributed by atoms with Crippen molar-refractivity contribution in [3.63, 3.8) is 0 Å². The van der Waals surface area contributed by atoms with Gasteiger partial charge in [-0.1, -0.05) is 36.7 Å². The Bertz CT molecular complexity index is 658. The molecule has 0 saturated carbocycles. The van der Waals surface area contributed by atoms with Gasteiger partial charge in [0.1, 0.15) is 0 Å². The average Bonchev–Trinajstić information content (AvgIpc) is 2.47. The maximum Gasteiger partial charge on any atom is 0.274 e. The molecule has 0 amide bonds. The molecule has 4 nitrogen and oxygen atoms in total. The highest BCUT2D eigenvalue weighted by Gasteiger charge is 2.14. The molecule has 0 aromatic heterocycles. The molecule has 1 N–H and O–H groups in total. The van der Waals surface area contributed by atoms with Crippen molar-refractivity contribution < 1.29 is 4.92 Å². The van der Waals surface area contributed by atoms with Gasteiger partial charge in [-0.2, -0.15) is 0 Å². The topological polar surface area (TPSA) is 55.2 Å². The lowest BCUT2D eigenvalue weighted by Gasteiger charge is -2.16. The Labute approximate surface area is 128 Å². The minimum absolute atomic E-state index is 0.00998. The molecule has 0 aliphatic heterocycles. The van der Waals surface area contributed by atoms with E-state index in [0.717, 1.165) is 16.8 Å². The summed E-state index contributed by atoms with van der Waals surface area (Å²) in [6.45, 7) is 3.90. The molecule has 5 heteroatoms. The first-order chi connectivity index (χ1) is 10.0. The lowest BCUT2D eigenvalue weighted by Crippen LogP contribution is -2.07. The molecule has 2 aromatic rings. The Hall–Kier alpha value is -2.07. The average molecular weight is 305 g/mol. The fraction of sp³-hybridized carbons (Fsp3) is 0.250. The fourth-order valence-electron chi connectivity index (χ4n) is 2.23. The van der Waals surface area contributed by atoms with Crippen LogP contribution in [-0.4, -0.2) is 4.92 Å². The highest BCUT2D eigenvalue weighted by atomic mass is 35.5. The van der Waals surface area contributed by atoms with E-state index in [2.05, 4.69) is 5.32 Å². The number of benzene rings is 2. The number of nitrogens with one attached hydrogen (secondary N) is 1. The zero-order valence-electron chi connectivity index (χ0n) is 12.0. The number of nitro groups is 1. The summed E-state index contributed by atoms with van der Waals surface area (Å²) in [6, 6.07) is 12.8. The van der Waals surface area contributed by atoms with Gasteiger partial charge < -0.3 is 5.32 Å². The first kappa shape index (κ1) is 15.3. The van der Waals surface area contributed by atoms with Crippen molar-refractivity contribution in [2.24, 2.45) is 0 Å². The largest absolute Gasteiger partial charge is 0.378 e. The number of halogens is 1. The second-order valence-corrected chi connectivity index (χ2v) is 5.31. The Morgan fingerprint density at radius 3 is 2.67 bits per heavy atom. The van der Waals surface area contributed by atoms with Crippen molar-refractivity contribution in [1.29, 1.82) is 0 Å². The summed E-state index contributed by atoms with van der Waals surface area (Å²) < 4.78 is 0. The van der Waals surface area contributed by atoms with E-state index in [1.54, 1.807) is 12.1 Å². The maximum atomic E-state index is 11.1. The van der Waals surface area contributed by atoms with Crippen LogP contribution in [0.4, 0.5) is 11.4 Å². The SMILES string of the molecule is CCc1ccc(NC(C)c2cccc(Cl)c2)cc1[N+](=O)[O-]. The van der Waals surface area contributed by atoms with Crippen LogP contribution >= 0.6 is 11.6 Å². The molecule has 0 spiro atoms. The second-order valence-electron chi connectivity index (χ2n) is 4.88. The van der Waals surface area contributed by atoms with Crippen LogP contribution in [0.5, 0.6) is 0 Å². The van der Waals surface area contributed by atoms with E-state index in [1.807, 2.05) is 44.2 Å². The summed E-state index contributed by atoms with van der Waals surface area (Å²) in [7, 11) is 0. The van der Waals surface area contributed by atoms with Crippen LogP contribution in [0.15, 0.2) is 42.5 Å². The van der Waals surface area contributed by atoms with Crippen LogP contribution in [0.2, 0.25) is 5.02 Å². The van der Waals surface area contributed by atoms with Crippen molar-refractivity contribution in [2.45, 2.75) is 26.3 Å². The molecule has 1 unspecified atom stereocenters. The van der Waals surface area contributed by atoms with Gasteiger partial charge in [0.15, 0.2) is 0 Å². The van der Waals surface area contributed by atoms with Crippen molar-refractivity contribution in [3.8, 4) is 0 Å². The minimum Gasteiger partial charge on any atom is -0.378 e. The van der Waals surface area contributed by atoms with Crippen molar-refractivity contribution in [1.82, 2.24) is 0 Å². The zero-order chi connectivity index (χ0) is 15.4. The molecule has 0 fully saturated rings. The summed E-state index contributed by atoms with van der Waals surface area (Å²) in [5, 5.41) is 15.0. The number of anilines is 1. The van der Waals surface area contributed by atoms with Crippen LogP contribution in [0.3, 0.4) is 0 Å². The molecule has 21 heavy (non-hydrogen) atoms. The lowest BCUT2D eigenvalue weighted by molar-refractivity contribution is -0.385. The molecule has 110 valence electrons. The van der Waals surface area contributed by atoms with Crippen LogP contribution in [0.1, 0.15) is 31.0 Å². The van der Waals surface area contributed by atoms with E-state index in [9.17, 15) is 10.1 Å². The van der Waals surface area contributed by atoms with Gasteiger partial charge in [0.05, 0.1) is 4.92 Å². The van der Waals surface area contributed by atoms with E-state index in [0.29, 0.717) is 11.4 Å². The molecule has 0 aliphatic rings. The standard InChI is InChI=1S/C16H17ClN2O2/c1-3-12-7-8-15(10-16(12)19(20)21)18-11(2)13-5-4-6-14(17)9-13/h4-11,18H,3H2,1-2H3. The molecule has 1 atom stereocenters. The van der Waals surface area contributed by atoms with Crippen molar-refractivity contribution >= 4 is 23.0 Å². The van der Waals surface area contributed by atoms with Gasteiger partial charge in [-0.15, -0.1) is 0 Å². The molecule has 0 heterocycles. The van der Waals surface area contributed by atoms with Crippen molar-refractivity contribution in [3.05, 3.63) is 68.7 Å². The summed E-state index contributed by atoms with van der Waals surface area (Å²) in [6.07, 6.45) is 0.639. The summed E-state index contributed by atoms with van der Waals surface area (Å²) in [5.74, 6) is 0. The van der Waals surface area contributed by atoms with Crippen LogP contribution in [0, 0.1) is 10.1 Å². The highest BCUT2D eigenvalue weighted by molar-refractivity contribution is 6.30. The Kier molecular flexibility index (Phi) is 4.81. The molecule has 0 bridgehead atoms. The van der Waals surface area contributed by atoms with Gasteiger partial charge in [-0.05, 0) is 37.1 Å². The molecular weight excluding hydrogens is 288 g/mol. The quantitative estimate of drug-likeness (QED) is 0.626. The third-order valence-corrected chi connectivity index (χ3v) is 3.63. The smallest absolute Gasteiger partial charge is 0.274 e. The van der Waals surface area contributed by atoms with Gasteiger partial charge in [-0.3, -0.25) is 10.1 Å². The number of rotatable bonds is 5. The monoisotopic (exact) mass is 304 g/mol. The van der Waals surface area contributed by atoms with E-state index in [1.165, 1.54) is 0 Å². The van der Waals surface area contributed by atoms with Crippen molar-refractivity contribution in [2.75, 3.05) is 5.32 Å². The Morgan fingerprint density at radius 1 is 1.29 bits per heavy atom. The summed E-state index contributed by atoms with van der Waals surface area (Å²) in [4.78, 5) is 10.8. The Morgan fingerprint density at radius 2 is 2.05 bits per heavy atom. The van der Waals surface area contributed by atoms with Crippen LogP contribution in [-0.2, 0) is 6.42 Å². The third kappa shape index (κ3) is 3.73. The van der Waals surface area contributed by atoms with E-state index < -0.39 is 0 Å². The number of nitro benzene ring substituents is 1. The molecule has 2 rings (SSSR count). The first-order valence-electron chi connectivity index (χ1n) is 6.80. The van der Waals surface area contributed by atoms with Gasteiger partial charge in [0, 0.05) is 28.4 Å². The van der Waals surface area contributed by atoms with Gasteiger partial charge in [-0.25, -0.2) is 0 Å². The molecular formula is C16H17ClN2O2. The predicted octanol–water partition coefficient (Wildman–Crippen LogP) is 4.98. The molecule has 0 radical (unpaired) electrons. The first-order valence-corrected chi connectivity index (χ1v) is 7.18. The minimum atomic E-state index is -0.339. The third-order valence-electron chi connectivity index (χ3n) is 3.39. The Balaban J connectivity index is 2.23. The second kappa shape index (κ2) is 6.59. The predicted molar refractivity (Wildman–Crippen MR) is 86.0 cm³/mol. The zero-order valence-corrected chi connectivity index (χ0v) is 12.7. The fourth-order valence-corrected chi connectivity index (χ4v) is 2.43. The van der Waals surface area contributed by atoms with Crippen LogP contribution in [0.25, 0.3) is 0 Å². The summed E-state index contributed by atoms with van der Waals surface area (Å²) in [5.41, 5.74) is 2.65. The molecule has 2 aromatic carbocycles. The molecule has 0 saturated heterocycles. The van der Waals surface area contributed by atoms with Gasteiger partial charge >= 0.3 is 0 Å². The summed E-state index contributed by atoms with van der Waals surface area (Å²) >= 11 is 5.98. The maximum absolute atomic E-state index is 11.1. The van der Waals surface area contributed by atoms with Gasteiger partial charge in [0.2, 0.25) is 0 Å². The van der Waals surface area contributed by atoms with Gasteiger partial charge in [0.25, 0.3) is 5.69 Å². The number of nitrogens with zero attached hydrogens (tertiary/aromatic N) is 1. The normalized spacial score (nSPS) is 12.0. The van der Waals surface area contributed by atoms with E-state index in [4.69, 9.17) is 11.6 Å². The van der Waals surface area contributed by atoms with E-state index >= 15 is 0 Å². The van der Waals surface area contributed by atoms with E-state index in [-0.39, 0.29) is 16.7 Å². The number of aryl methyl sites for hydroxylation is 1. The number of hydrogen-bond acceptors (Lipinski definition) is 3.